The number of rotatable bonds is 3. The number of benzene rings is 2. The largest absolute Gasteiger partial charge is 0.423 e. The number of thiophene rings is 1. The van der Waals surface area contributed by atoms with Crippen molar-refractivity contribution in [2.24, 2.45) is 0 Å². The quantitative estimate of drug-likeness (QED) is 0.399. The van der Waals surface area contributed by atoms with Gasteiger partial charge in [0.2, 0.25) is 0 Å². The highest BCUT2D eigenvalue weighted by Gasteiger charge is 2.06. The molecule has 0 aliphatic carbocycles. The van der Waals surface area contributed by atoms with Crippen LogP contribution >= 0.6 is 11.3 Å². The molecule has 0 spiro atoms. The normalized spacial score (nSPS) is 10.8. The molecular weight excluding hydrogens is 306 g/mol. The van der Waals surface area contributed by atoms with Crippen molar-refractivity contribution in [3.8, 4) is 11.8 Å². The van der Waals surface area contributed by atoms with E-state index in [0.717, 1.165) is 10.4 Å². The average Bonchev–Trinajstić information content (AvgIpc) is 2.90. The van der Waals surface area contributed by atoms with E-state index in [2.05, 4.69) is 12.1 Å². The van der Waals surface area contributed by atoms with Crippen LogP contribution in [0.2, 0.25) is 0 Å². The zero-order valence-corrected chi connectivity index (χ0v) is 13.3. The first kappa shape index (κ1) is 15.0. The third-order valence-corrected chi connectivity index (χ3v) is 4.69. The molecule has 112 valence electrons. The number of nitrogens with zero attached hydrogens (tertiary/aromatic N) is 1. The molecule has 1 heterocycles. The van der Waals surface area contributed by atoms with Gasteiger partial charge in [-0.3, -0.25) is 0 Å². The molecule has 0 unspecified atom stereocenters. The average molecular weight is 319 g/mol. The lowest BCUT2D eigenvalue weighted by molar-refractivity contribution is -0.128. The fourth-order valence-electron chi connectivity index (χ4n) is 2.24. The maximum Gasteiger partial charge on any atom is 0.336 e. The lowest BCUT2D eigenvalue weighted by atomic mass is 10.1. The van der Waals surface area contributed by atoms with Crippen molar-refractivity contribution in [2.45, 2.75) is 6.92 Å². The molecule has 0 saturated carbocycles. The second kappa shape index (κ2) is 6.47. The predicted molar refractivity (Wildman–Crippen MR) is 92.4 cm³/mol. The highest BCUT2D eigenvalue weighted by molar-refractivity contribution is 7.20. The summed E-state index contributed by atoms with van der Waals surface area (Å²) in [6.07, 6.45) is 3.21. The highest BCUT2D eigenvalue weighted by Crippen LogP contribution is 2.31. The minimum Gasteiger partial charge on any atom is -0.423 e. The van der Waals surface area contributed by atoms with Crippen LogP contribution in [0.4, 0.5) is 0 Å². The standard InChI is InChI=1S/C19H13NO2S/c1-13-16-4-2-3-5-18(16)23-17(13)10-11-19(21)22-15-8-6-14(12-20)7-9-15/h2-11H,1H3/b11-10+. The molecule has 0 bridgehead atoms. The summed E-state index contributed by atoms with van der Waals surface area (Å²) in [5, 5.41) is 9.94. The minimum absolute atomic E-state index is 0.423. The van der Waals surface area contributed by atoms with Crippen molar-refractivity contribution in [2.75, 3.05) is 0 Å². The van der Waals surface area contributed by atoms with Gasteiger partial charge in [-0.15, -0.1) is 11.3 Å². The van der Waals surface area contributed by atoms with Crippen molar-refractivity contribution in [1.29, 1.82) is 5.26 Å². The fraction of sp³-hybridized carbons (Fsp3) is 0.0526. The van der Waals surface area contributed by atoms with E-state index < -0.39 is 5.97 Å². The third-order valence-electron chi connectivity index (χ3n) is 3.45. The van der Waals surface area contributed by atoms with Crippen LogP contribution in [0.3, 0.4) is 0 Å². The van der Waals surface area contributed by atoms with E-state index in [1.165, 1.54) is 16.2 Å². The van der Waals surface area contributed by atoms with E-state index in [9.17, 15) is 4.79 Å². The molecule has 0 aliphatic heterocycles. The molecule has 0 fully saturated rings. The number of aryl methyl sites for hydroxylation is 1. The summed E-state index contributed by atoms with van der Waals surface area (Å²) >= 11 is 1.65. The maximum absolute atomic E-state index is 11.9. The zero-order valence-electron chi connectivity index (χ0n) is 12.4. The first-order valence-electron chi connectivity index (χ1n) is 7.05. The van der Waals surface area contributed by atoms with E-state index in [1.807, 2.05) is 25.1 Å². The van der Waals surface area contributed by atoms with Crippen LogP contribution < -0.4 is 4.74 Å². The molecule has 3 rings (SSSR count). The summed E-state index contributed by atoms with van der Waals surface area (Å²) < 4.78 is 6.42. The molecule has 4 heteroatoms. The molecule has 2 aromatic carbocycles. The number of nitriles is 1. The predicted octanol–water partition coefficient (Wildman–Crippen LogP) is 4.70. The number of hydrogen-bond acceptors (Lipinski definition) is 4. The summed E-state index contributed by atoms with van der Waals surface area (Å²) in [5.74, 6) is -0.0155. The topological polar surface area (TPSA) is 50.1 Å². The first-order valence-corrected chi connectivity index (χ1v) is 7.87. The first-order chi connectivity index (χ1) is 11.2. The molecule has 1 aromatic heterocycles. The number of fused-ring (bicyclic) bond motifs is 1. The Kier molecular flexibility index (Phi) is 4.22. The molecule has 0 amide bonds. The van der Waals surface area contributed by atoms with Crippen LogP contribution in [-0.2, 0) is 4.79 Å². The Morgan fingerprint density at radius 1 is 1.17 bits per heavy atom. The summed E-state index contributed by atoms with van der Waals surface area (Å²) in [4.78, 5) is 12.9. The molecule has 3 aromatic rings. The Labute approximate surface area is 138 Å². The van der Waals surface area contributed by atoms with Crippen LogP contribution in [0.1, 0.15) is 16.0 Å². The van der Waals surface area contributed by atoms with E-state index in [1.54, 1.807) is 41.7 Å². The van der Waals surface area contributed by atoms with Gasteiger partial charge in [-0.25, -0.2) is 4.79 Å². The monoisotopic (exact) mass is 319 g/mol. The van der Waals surface area contributed by atoms with Crippen molar-refractivity contribution in [3.63, 3.8) is 0 Å². The van der Waals surface area contributed by atoms with Gasteiger partial charge in [0.25, 0.3) is 0 Å². The number of carbonyl (C=O) groups is 1. The van der Waals surface area contributed by atoms with Crippen molar-refractivity contribution >= 4 is 33.5 Å². The van der Waals surface area contributed by atoms with Gasteiger partial charge in [0.15, 0.2) is 0 Å². The van der Waals surface area contributed by atoms with Gasteiger partial charge in [0, 0.05) is 15.7 Å². The zero-order chi connectivity index (χ0) is 16.2. The molecule has 3 nitrogen and oxygen atoms in total. The summed E-state index contributed by atoms with van der Waals surface area (Å²) in [5.41, 5.74) is 1.69. The number of ether oxygens (including phenoxy) is 1. The van der Waals surface area contributed by atoms with Gasteiger partial charge in [-0.05, 0) is 54.3 Å². The molecule has 0 N–H and O–H groups in total. The summed E-state index contributed by atoms with van der Waals surface area (Å²) in [6, 6.07) is 16.6. The SMILES string of the molecule is Cc1c(/C=C/C(=O)Oc2ccc(C#N)cc2)sc2ccccc12. The summed E-state index contributed by atoms with van der Waals surface area (Å²) in [7, 11) is 0. The Bertz CT molecular complexity index is 930. The van der Waals surface area contributed by atoms with Crippen molar-refractivity contribution in [3.05, 3.63) is 70.6 Å². The lowest BCUT2D eigenvalue weighted by Crippen LogP contribution is -2.03. The maximum atomic E-state index is 11.9. The van der Waals surface area contributed by atoms with Gasteiger partial charge in [0.05, 0.1) is 11.6 Å². The second-order valence-electron chi connectivity index (χ2n) is 4.98. The van der Waals surface area contributed by atoms with Gasteiger partial charge in [-0.2, -0.15) is 5.26 Å². The molecule has 0 aliphatic rings. The second-order valence-corrected chi connectivity index (χ2v) is 6.06. The van der Waals surface area contributed by atoms with Crippen LogP contribution in [0.5, 0.6) is 5.75 Å². The Hall–Kier alpha value is -2.90. The van der Waals surface area contributed by atoms with E-state index in [4.69, 9.17) is 10.00 Å². The Morgan fingerprint density at radius 3 is 2.61 bits per heavy atom. The van der Waals surface area contributed by atoms with Crippen LogP contribution in [0.25, 0.3) is 16.2 Å². The number of hydrogen-bond donors (Lipinski definition) is 0. The molecule has 0 atom stereocenters. The van der Waals surface area contributed by atoms with E-state index in [-0.39, 0.29) is 0 Å². The molecule has 23 heavy (non-hydrogen) atoms. The number of carbonyl (C=O) groups excluding carboxylic acids is 1. The number of esters is 1. The highest BCUT2D eigenvalue weighted by atomic mass is 32.1. The van der Waals surface area contributed by atoms with Crippen LogP contribution in [-0.4, -0.2) is 5.97 Å². The van der Waals surface area contributed by atoms with Gasteiger partial charge in [0.1, 0.15) is 5.75 Å². The molecule has 0 saturated heterocycles. The van der Waals surface area contributed by atoms with Crippen molar-refractivity contribution < 1.29 is 9.53 Å². The van der Waals surface area contributed by atoms with E-state index in [0.29, 0.717) is 11.3 Å². The third kappa shape index (κ3) is 3.31. The summed E-state index contributed by atoms with van der Waals surface area (Å²) in [6.45, 7) is 2.05. The van der Waals surface area contributed by atoms with Gasteiger partial charge >= 0.3 is 5.97 Å². The molecule has 0 radical (unpaired) electrons. The van der Waals surface area contributed by atoms with Gasteiger partial charge in [-0.1, -0.05) is 18.2 Å². The van der Waals surface area contributed by atoms with Crippen LogP contribution in [0, 0.1) is 18.3 Å². The van der Waals surface area contributed by atoms with Crippen molar-refractivity contribution in [1.82, 2.24) is 0 Å². The smallest absolute Gasteiger partial charge is 0.336 e. The Morgan fingerprint density at radius 2 is 1.91 bits per heavy atom. The Balaban J connectivity index is 1.74. The van der Waals surface area contributed by atoms with E-state index >= 15 is 0 Å². The molecular formula is C19H13NO2S. The van der Waals surface area contributed by atoms with Crippen LogP contribution in [0.15, 0.2) is 54.6 Å². The minimum atomic E-state index is -0.438. The fourth-order valence-corrected chi connectivity index (χ4v) is 3.36. The van der Waals surface area contributed by atoms with Gasteiger partial charge < -0.3 is 4.74 Å². The lowest BCUT2D eigenvalue weighted by Gasteiger charge is -2.00.